The van der Waals surface area contributed by atoms with Crippen molar-refractivity contribution < 1.29 is 4.79 Å². The Morgan fingerprint density at radius 3 is 2.15 bits per heavy atom. The Kier molecular flexibility index (Phi) is 8.58. The second-order valence-electron chi connectivity index (χ2n) is 8.19. The quantitative estimate of drug-likeness (QED) is 0.194. The number of imidazole rings is 1. The summed E-state index contributed by atoms with van der Waals surface area (Å²) in [4.78, 5) is 17.4. The molecule has 0 saturated carbocycles. The predicted octanol–water partition coefficient (Wildman–Crippen LogP) is 6.82. The van der Waals surface area contributed by atoms with E-state index in [1.54, 1.807) is 11.8 Å². The molecule has 0 saturated heterocycles. The first-order valence-electron chi connectivity index (χ1n) is 11.9. The standard InChI is InChI=1S/C29H31N3OS/c1-2-20-32-28(25-17-10-5-11-18-25)27(24-15-8-4-9-16-24)31-29(32)34-21-12-19-26(33)30-22-23-13-6-3-7-14-23/h3-11,13-18H,2,12,19-22H2,1H3,(H,30,33). The first kappa shape index (κ1) is 23.8. The van der Waals surface area contributed by atoms with Crippen molar-refractivity contribution in [3.05, 3.63) is 96.6 Å². The van der Waals surface area contributed by atoms with E-state index in [2.05, 4.69) is 65.3 Å². The molecule has 0 spiro atoms. The molecular weight excluding hydrogens is 438 g/mol. The lowest BCUT2D eigenvalue weighted by Crippen LogP contribution is -2.22. The Labute approximate surface area is 206 Å². The lowest BCUT2D eigenvalue weighted by Gasteiger charge is -2.12. The highest BCUT2D eigenvalue weighted by Gasteiger charge is 2.19. The molecular formula is C29H31N3OS. The van der Waals surface area contributed by atoms with E-state index in [0.717, 1.165) is 52.8 Å². The number of carbonyl (C=O) groups is 1. The Bertz CT molecular complexity index is 1170. The molecule has 0 bridgehead atoms. The summed E-state index contributed by atoms with van der Waals surface area (Å²) in [6.07, 6.45) is 2.36. The van der Waals surface area contributed by atoms with Gasteiger partial charge in [0.05, 0.1) is 11.4 Å². The third-order valence-electron chi connectivity index (χ3n) is 5.59. The van der Waals surface area contributed by atoms with Gasteiger partial charge in [0.2, 0.25) is 5.91 Å². The Morgan fingerprint density at radius 1 is 0.882 bits per heavy atom. The Morgan fingerprint density at radius 2 is 1.50 bits per heavy atom. The van der Waals surface area contributed by atoms with Gasteiger partial charge in [-0.15, -0.1) is 0 Å². The number of rotatable bonds is 11. The fourth-order valence-corrected chi connectivity index (χ4v) is 4.91. The maximum Gasteiger partial charge on any atom is 0.220 e. The van der Waals surface area contributed by atoms with Crippen molar-refractivity contribution in [2.45, 2.75) is 44.4 Å². The van der Waals surface area contributed by atoms with Gasteiger partial charge in [-0.1, -0.05) is 110 Å². The first-order chi connectivity index (χ1) is 16.8. The summed E-state index contributed by atoms with van der Waals surface area (Å²) in [6.45, 7) is 3.68. The third kappa shape index (κ3) is 6.17. The van der Waals surface area contributed by atoms with Gasteiger partial charge < -0.3 is 9.88 Å². The zero-order valence-electron chi connectivity index (χ0n) is 19.6. The summed E-state index contributed by atoms with van der Waals surface area (Å²) in [5.74, 6) is 0.943. The molecule has 3 aromatic carbocycles. The molecule has 4 rings (SSSR count). The van der Waals surface area contributed by atoms with Crippen LogP contribution in [0.2, 0.25) is 0 Å². The van der Waals surface area contributed by atoms with Gasteiger partial charge in [0, 0.05) is 36.4 Å². The number of hydrogen-bond acceptors (Lipinski definition) is 3. The van der Waals surface area contributed by atoms with Crippen LogP contribution in [0.4, 0.5) is 0 Å². The minimum Gasteiger partial charge on any atom is -0.352 e. The van der Waals surface area contributed by atoms with Crippen LogP contribution in [0, 0.1) is 0 Å². The Balaban J connectivity index is 1.46. The van der Waals surface area contributed by atoms with Gasteiger partial charge in [0.25, 0.3) is 0 Å². The number of benzene rings is 3. The van der Waals surface area contributed by atoms with E-state index in [0.29, 0.717) is 13.0 Å². The van der Waals surface area contributed by atoms with Crippen molar-refractivity contribution in [1.29, 1.82) is 0 Å². The molecule has 34 heavy (non-hydrogen) atoms. The van der Waals surface area contributed by atoms with Gasteiger partial charge in [-0.25, -0.2) is 4.98 Å². The number of thioether (sulfide) groups is 1. The van der Waals surface area contributed by atoms with E-state index in [4.69, 9.17) is 4.98 Å². The minimum atomic E-state index is 0.0938. The molecule has 0 aliphatic rings. The average Bonchev–Trinajstić information content (AvgIpc) is 3.25. The van der Waals surface area contributed by atoms with Gasteiger partial charge in [0.1, 0.15) is 0 Å². The molecule has 0 atom stereocenters. The fourth-order valence-electron chi connectivity index (χ4n) is 3.94. The fraction of sp³-hybridized carbons (Fsp3) is 0.241. The predicted molar refractivity (Wildman–Crippen MR) is 142 cm³/mol. The number of amides is 1. The van der Waals surface area contributed by atoms with Crippen LogP contribution in [-0.4, -0.2) is 21.2 Å². The first-order valence-corrected chi connectivity index (χ1v) is 12.9. The summed E-state index contributed by atoms with van der Waals surface area (Å²) >= 11 is 1.74. The van der Waals surface area contributed by atoms with Crippen LogP contribution in [0.3, 0.4) is 0 Å². The summed E-state index contributed by atoms with van der Waals surface area (Å²) in [6, 6.07) is 30.9. The van der Waals surface area contributed by atoms with Crippen molar-refractivity contribution in [3.8, 4) is 22.5 Å². The average molecular weight is 470 g/mol. The van der Waals surface area contributed by atoms with Crippen molar-refractivity contribution in [2.75, 3.05) is 5.75 Å². The van der Waals surface area contributed by atoms with E-state index in [9.17, 15) is 4.79 Å². The topological polar surface area (TPSA) is 46.9 Å². The molecule has 1 aromatic heterocycles. The minimum absolute atomic E-state index is 0.0938. The van der Waals surface area contributed by atoms with E-state index < -0.39 is 0 Å². The molecule has 1 N–H and O–H groups in total. The number of carbonyl (C=O) groups excluding carboxylic acids is 1. The number of nitrogens with zero attached hydrogens (tertiary/aromatic N) is 2. The van der Waals surface area contributed by atoms with Gasteiger partial charge in [0.15, 0.2) is 5.16 Å². The lowest BCUT2D eigenvalue weighted by atomic mass is 10.0. The molecule has 174 valence electrons. The molecule has 0 radical (unpaired) electrons. The number of aromatic nitrogens is 2. The largest absolute Gasteiger partial charge is 0.352 e. The third-order valence-corrected chi connectivity index (χ3v) is 6.65. The molecule has 0 fully saturated rings. The summed E-state index contributed by atoms with van der Waals surface area (Å²) in [5, 5.41) is 4.03. The highest BCUT2D eigenvalue weighted by atomic mass is 32.2. The lowest BCUT2D eigenvalue weighted by molar-refractivity contribution is -0.121. The van der Waals surface area contributed by atoms with E-state index >= 15 is 0 Å². The highest BCUT2D eigenvalue weighted by molar-refractivity contribution is 7.99. The molecule has 4 nitrogen and oxygen atoms in total. The highest BCUT2D eigenvalue weighted by Crippen LogP contribution is 2.36. The molecule has 4 aromatic rings. The molecule has 0 aliphatic carbocycles. The normalized spacial score (nSPS) is 10.9. The van der Waals surface area contributed by atoms with Crippen LogP contribution in [-0.2, 0) is 17.9 Å². The molecule has 1 amide bonds. The van der Waals surface area contributed by atoms with Crippen molar-refractivity contribution in [2.24, 2.45) is 0 Å². The number of hydrogen-bond donors (Lipinski definition) is 1. The molecule has 0 aliphatic heterocycles. The van der Waals surface area contributed by atoms with Crippen molar-refractivity contribution in [1.82, 2.24) is 14.9 Å². The van der Waals surface area contributed by atoms with Gasteiger partial charge in [-0.2, -0.15) is 0 Å². The monoisotopic (exact) mass is 469 g/mol. The maximum absolute atomic E-state index is 12.3. The van der Waals surface area contributed by atoms with Crippen LogP contribution in [0.25, 0.3) is 22.5 Å². The van der Waals surface area contributed by atoms with Gasteiger partial charge in [-0.3, -0.25) is 4.79 Å². The Hall–Kier alpha value is -3.31. The molecule has 1 heterocycles. The summed E-state index contributed by atoms with van der Waals surface area (Å²) in [7, 11) is 0. The second-order valence-corrected chi connectivity index (χ2v) is 9.25. The molecule has 5 heteroatoms. The summed E-state index contributed by atoms with van der Waals surface area (Å²) in [5.41, 5.74) is 5.60. The van der Waals surface area contributed by atoms with E-state index in [-0.39, 0.29) is 5.91 Å². The zero-order chi connectivity index (χ0) is 23.6. The van der Waals surface area contributed by atoms with E-state index in [1.807, 2.05) is 42.5 Å². The SMILES string of the molecule is CCCn1c(SCCCC(=O)NCc2ccccc2)nc(-c2ccccc2)c1-c1ccccc1. The van der Waals surface area contributed by atoms with Crippen molar-refractivity contribution in [3.63, 3.8) is 0 Å². The van der Waals surface area contributed by atoms with E-state index in [1.165, 1.54) is 5.56 Å². The van der Waals surface area contributed by atoms with Crippen LogP contribution in [0.5, 0.6) is 0 Å². The van der Waals surface area contributed by atoms with Crippen LogP contribution in [0.15, 0.2) is 96.2 Å². The second kappa shape index (κ2) is 12.2. The van der Waals surface area contributed by atoms with Crippen LogP contribution in [0.1, 0.15) is 31.7 Å². The van der Waals surface area contributed by atoms with Crippen LogP contribution < -0.4 is 5.32 Å². The van der Waals surface area contributed by atoms with Crippen LogP contribution >= 0.6 is 11.8 Å². The smallest absolute Gasteiger partial charge is 0.220 e. The van der Waals surface area contributed by atoms with Gasteiger partial charge >= 0.3 is 0 Å². The summed E-state index contributed by atoms with van der Waals surface area (Å²) < 4.78 is 2.35. The number of nitrogens with one attached hydrogen (secondary N) is 1. The van der Waals surface area contributed by atoms with Crippen molar-refractivity contribution >= 4 is 17.7 Å². The van der Waals surface area contributed by atoms with Gasteiger partial charge in [-0.05, 0) is 18.4 Å². The maximum atomic E-state index is 12.3. The molecule has 0 unspecified atom stereocenters. The zero-order valence-corrected chi connectivity index (χ0v) is 20.4.